The highest BCUT2D eigenvalue weighted by molar-refractivity contribution is 14.1. The highest BCUT2D eigenvalue weighted by Gasteiger charge is 2.05. The van der Waals surface area contributed by atoms with Gasteiger partial charge in [0.25, 0.3) is 0 Å². The minimum Gasteiger partial charge on any atom is -0.465 e. The molecule has 3 nitrogen and oxygen atoms in total. The molecule has 1 aromatic rings. The predicted octanol–water partition coefficient (Wildman–Crippen LogP) is 3.08. The van der Waals surface area contributed by atoms with E-state index < -0.39 is 0 Å². The van der Waals surface area contributed by atoms with Gasteiger partial charge in [-0.25, -0.2) is 4.79 Å². The fourth-order valence-corrected chi connectivity index (χ4v) is 1.29. The first-order valence-corrected chi connectivity index (χ1v) is 5.96. The first-order chi connectivity index (χ1) is 7.06. The smallest absolute Gasteiger partial charge is 0.337 e. The summed E-state index contributed by atoms with van der Waals surface area (Å²) in [4.78, 5) is 11.0. The highest BCUT2D eigenvalue weighted by atomic mass is 127. The van der Waals surface area contributed by atoms with Gasteiger partial charge >= 0.3 is 5.97 Å². The summed E-state index contributed by atoms with van der Waals surface area (Å²) < 4.78 is 5.40. The predicted molar refractivity (Wildman–Crippen MR) is 71.5 cm³/mol. The van der Waals surface area contributed by atoms with Gasteiger partial charge in [-0.3, -0.25) is 0 Å². The summed E-state index contributed by atoms with van der Waals surface area (Å²) in [6.45, 7) is 0. The van der Waals surface area contributed by atoms with Crippen LogP contribution < -0.4 is 5.73 Å². The van der Waals surface area contributed by atoms with E-state index in [9.17, 15) is 4.79 Å². The molecule has 84 valence electrons. The molecule has 0 aromatic heterocycles. The van der Waals surface area contributed by atoms with Crippen LogP contribution >= 0.6 is 45.8 Å². The zero-order valence-corrected chi connectivity index (χ0v) is 11.6. The Hall–Kier alpha value is -0.200. The summed E-state index contributed by atoms with van der Waals surface area (Å²) in [6.07, 6.45) is 0. The fraction of sp³-hybridized carbons (Fsp3) is 0.222. The molecule has 0 spiro atoms. The molecule has 0 bridgehead atoms. The zero-order valence-electron chi connectivity index (χ0n) is 7.97. The molecule has 0 atom stereocenters. The van der Waals surface area contributed by atoms with Crippen LogP contribution in [0, 0.1) is 3.57 Å². The SMILES string of the molecule is COC(=O)c1ccc(N)c(I)c1.ClCCl. The van der Waals surface area contributed by atoms with E-state index in [1.54, 1.807) is 18.2 Å². The number of carbonyl (C=O) groups excluding carboxylic acids is 1. The van der Waals surface area contributed by atoms with Gasteiger partial charge in [0.05, 0.1) is 18.0 Å². The number of nitrogens with two attached hydrogens (primary N) is 1. The van der Waals surface area contributed by atoms with E-state index in [2.05, 4.69) is 27.3 Å². The Bertz CT molecular complexity index is 334. The van der Waals surface area contributed by atoms with Crippen LogP contribution in [0.4, 0.5) is 5.69 Å². The second kappa shape index (κ2) is 8.01. The average molecular weight is 362 g/mol. The number of rotatable bonds is 1. The maximum atomic E-state index is 11.0. The van der Waals surface area contributed by atoms with E-state index in [1.165, 1.54) is 7.11 Å². The molecule has 0 radical (unpaired) electrons. The van der Waals surface area contributed by atoms with Gasteiger partial charge in [-0.1, -0.05) is 0 Å². The lowest BCUT2D eigenvalue weighted by molar-refractivity contribution is 0.0600. The van der Waals surface area contributed by atoms with Gasteiger partial charge in [-0.15, -0.1) is 23.2 Å². The van der Waals surface area contributed by atoms with E-state index in [0.29, 0.717) is 11.3 Å². The van der Waals surface area contributed by atoms with Gasteiger partial charge in [-0.05, 0) is 40.8 Å². The summed E-state index contributed by atoms with van der Waals surface area (Å²) in [7, 11) is 1.35. The quantitative estimate of drug-likeness (QED) is 0.362. The van der Waals surface area contributed by atoms with E-state index in [1.807, 2.05) is 0 Å². The molecule has 0 saturated carbocycles. The summed E-state index contributed by atoms with van der Waals surface area (Å²) in [6, 6.07) is 5.03. The molecule has 0 heterocycles. The molecule has 0 aliphatic heterocycles. The molecule has 0 aliphatic rings. The van der Waals surface area contributed by atoms with Crippen LogP contribution in [-0.2, 0) is 4.74 Å². The van der Waals surface area contributed by atoms with Crippen LogP contribution in [0.1, 0.15) is 10.4 Å². The summed E-state index contributed by atoms with van der Waals surface area (Å²) in [5, 5.41) is 0.194. The van der Waals surface area contributed by atoms with Crippen LogP contribution in [0.15, 0.2) is 18.2 Å². The first-order valence-electron chi connectivity index (χ1n) is 3.82. The minimum absolute atomic E-state index is 0.194. The van der Waals surface area contributed by atoms with Gasteiger partial charge < -0.3 is 10.5 Å². The number of nitrogen functional groups attached to an aromatic ring is 1. The minimum atomic E-state index is -0.340. The van der Waals surface area contributed by atoms with E-state index in [4.69, 9.17) is 28.9 Å². The number of ether oxygens (including phenoxy) is 1. The molecular formula is C9H10Cl2INO2. The van der Waals surface area contributed by atoms with Crippen molar-refractivity contribution in [3.05, 3.63) is 27.3 Å². The fourth-order valence-electron chi connectivity index (χ4n) is 0.772. The van der Waals surface area contributed by atoms with Gasteiger partial charge in [0.15, 0.2) is 0 Å². The third-order valence-corrected chi connectivity index (χ3v) is 2.36. The second-order valence-electron chi connectivity index (χ2n) is 2.33. The lowest BCUT2D eigenvalue weighted by Crippen LogP contribution is -2.02. The Kier molecular flexibility index (Phi) is 7.90. The molecular weight excluding hydrogens is 352 g/mol. The number of methoxy groups -OCH3 is 1. The van der Waals surface area contributed by atoms with Crippen LogP contribution in [0.5, 0.6) is 0 Å². The number of hydrogen-bond acceptors (Lipinski definition) is 3. The highest BCUT2D eigenvalue weighted by Crippen LogP contribution is 2.16. The third kappa shape index (κ3) is 5.44. The molecule has 0 fully saturated rings. The van der Waals surface area contributed by atoms with E-state index in [-0.39, 0.29) is 11.3 Å². The molecule has 0 amide bonds. The van der Waals surface area contributed by atoms with E-state index >= 15 is 0 Å². The molecule has 0 aliphatic carbocycles. The van der Waals surface area contributed by atoms with Crippen molar-refractivity contribution < 1.29 is 9.53 Å². The van der Waals surface area contributed by atoms with Crippen LogP contribution in [-0.4, -0.2) is 18.4 Å². The van der Waals surface area contributed by atoms with Crippen molar-refractivity contribution in [3.8, 4) is 0 Å². The largest absolute Gasteiger partial charge is 0.465 e. The average Bonchev–Trinajstić information content (AvgIpc) is 2.22. The summed E-state index contributed by atoms with van der Waals surface area (Å²) in [5.41, 5.74) is 6.76. The molecule has 0 saturated heterocycles. The molecule has 15 heavy (non-hydrogen) atoms. The standard InChI is InChI=1S/C8H8INO2.CH2Cl2/c1-12-8(11)5-2-3-7(10)6(9)4-5;2-1-3/h2-4H,10H2,1H3;1H2. The maximum absolute atomic E-state index is 11.0. The van der Waals surface area contributed by atoms with Gasteiger partial charge in [-0.2, -0.15) is 0 Å². The van der Waals surface area contributed by atoms with Gasteiger partial charge in [0.2, 0.25) is 0 Å². The molecule has 2 N–H and O–H groups in total. The number of esters is 1. The summed E-state index contributed by atoms with van der Waals surface area (Å²) in [5.74, 6) is -0.340. The Morgan fingerprint density at radius 3 is 2.47 bits per heavy atom. The monoisotopic (exact) mass is 361 g/mol. The normalized spacial score (nSPS) is 8.80. The van der Waals surface area contributed by atoms with Crippen molar-refractivity contribution in [2.45, 2.75) is 0 Å². The van der Waals surface area contributed by atoms with Crippen molar-refractivity contribution in [1.29, 1.82) is 0 Å². The Morgan fingerprint density at radius 2 is 2.07 bits per heavy atom. The number of benzene rings is 1. The van der Waals surface area contributed by atoms with Gasteiger partial charge in [0.1, 0.15) is 0 Å². The second-order valence-corrected chi connectivity index (χ2v) is 4.30. The van der Waals surface area contributed by atoms with E-state index in [0.717, 1.165) is 3.57 Å². The number of anilines is 1. The molecule has 1 aromatic carbocycles. The molecule has 1 rings (SSSR count). The number of hydrogen-bond donors (Lipinski definition) is 1. The van der Waals surface area contributed by atoms with Crippen molar-refractivity contribution in [3.63, 3.8) is 0 Å². The Balaban J connectivity index is 0.000000583. The lowest BCUT2D eigenvalue weighted by atomic mass is 10.2. The number of halogens is 3. The number of alkyl halides is 2. The van der Waals surface area contributed by atoms with Crippen molar-refractivity contribution in [2.75, 3.05) is 18.2 Å². The zero-order chi connectivity index (χ0) is 11.8. The van der Waals surface area contributed by atoms with Crippen LogP contribution in [0.3, 0.4) is 0 Å². The van der Waals surface area contributed by atoms with Crippen molar-refractivity contribution in [2.24, 2.45) is 0 Å². The maximum Gasteiger partial charge on any atom is 0.337 e. The lowest BCUT2D eigenvalue weighted by Gasteiger charge is -2.01. The summed E-state index contributed by atoms with van der Waals surface area (Å²) >= 11 is 11.6. The molecule has 6 heteroatoms. The number of carbonyl (C=O) groups is 1. The topological polar surface area (TPSA) is 52.3 Å². The van der Waals surface area contributed by atoms with Crippen LogP contribution in [0.25, 0.3) is 0 Å². The Labute approximate surface area is 112 Å². The molecule has 0 unspecified atom stereocenters. The first kappa shape index (κ1) is 14.8. The third-order valence-electron chi connectivity index (χ3n) is 1.42. The Morgan fingerprint density at radius 1 is 1.53 bits per heavy atom. The van der Waals surface area contributed by atoms with Gasteiger partial charge in [0, 0.05) is 9.26 Å². The van der Waals surface area contributed by atoms with Crippen molar-refractivity contribution >= 4 is 57.4 Å². The van der Waals surface area contributed by atoms with Crippen LogP contribution in [0.2, 0.25) is 0 Å². The van der Waals surface area contributed by atoms with Crippen molar-refractivity contribution in [1.82, 2.24) is 0 Å².